The average Bonchev–Trinajstić information content (AvgIpc) is 3.11. The van der Waals surface area contributed by atoms with Crippen LogP contribution in [-0.2, 0) is 0 Å². The van der Waals surface area contributed by atoms with Crippen LogP contribution < -0.4 is 9.64 Å². The highest BCUT2D eigenvalue weighted by Crippen LogP contribution is 2.36. The van der Waals surface area contributed by atoms with Gasteiger partial charge in [0.15, 0.2) is 0 Å². The van der Waals surface area contributed by atoms with Gasteiger partial charge in [0, 0.05) is 12.3 Å². The highest BCUT2D eigenvalue weighted by atomic mass is 32.1. The second-order valence-electron chi connectivity index (χ2n) is 5.70. The molecule has 1 atom stereocenters. The first-order valence-corrected chi connectivity index (χ1v) is 8.59. The van der Waals surface area contributed by atoms with E-state index in [1.54, 1.807) is 23.4 Å². The topological polar surface area (TPSA) is 55.3 Å². The SMILES string of the molecule is CC1CN(C(=O)c2cnc(-c3ccccn3)s2)c2ccc(F)cc2O1. The Morgan fingerprint density at radius 3 is 3.00 bits per heavy atom. The number of carbonyl (C=O) groups excluding carboxylic acids is 1. The van der Waals surface area contributed by atoms with Gasteiger partial charge >= 0.3 is 0 Å². The van der Waals surface area contributed by atoms with Gasteiger partial charge in [-0.05, 0) is 31.2 Å². The molecule has 7 heteroatoms. The van der Waals surface area contributed by atoms with E-state index in [9.17, 15) is 9.18 Å². The Kier molecular flexibility index (Phi) is 3.93. The van der Waals surface area contributed by atoms with Crippen molar-refractivity contribution in [2.75, 3.05) is 11.4 Å². The van der Waals surface area contributed by atoms with Crippen molar-refractivity contribution in [3.8, 4) is 16.5 Å². The highest BCUT2D eigenvalue weighted by molar-refractivity contribution is 7.17. The van der Waals surface area contributed by atoms with Crippen LogP contribution in [0.4, 0.5) is 10.1 Å². The molecule has 5 nitrogen and oxygen atoms in total. The highest BCUT2D eigenvalue weighted by Gasteiger charge is 2.29. The zero-order chi connectivity index (χ0) is 17.4. The molecule has 0 N–H and O–H groups in total. The van der Waals surface area contributed by atoms with Crippen LogP contribution in [-0.4, -0.2) is 28.5 Å². The molecule has 4 rings (SSSR count). The Bertz CT molecular complexity index is 929. The fraction of sp³-hybridized carbons (Fsp3) is 0.167. The smallest absolute Gasteiger partial charge is 0.270 e. The van der Waals surface area contributed by atoms with Gasteiger partial charge in [0.1, 0.15) is 27.6 Å². The van der Waals surface area contributed by atoms with Crippen LogP contribution in [0.3, 0.4) is 0 Å². The zero-order valence-electron chi connectivity index (χ0n) is 13.3. The number of hydrogen-bond donors (Lipinski definition) is 0. The van der Waals surface area contributed by atoms with Crippen LogP contribution in [0.25, 0.3) is 10.7 Å². The van der Waals surface area contributed by atoms with Gasteiger partial charge in [-0.2, -0.15) is 0 Å². The molecule has 126 valence electrons. The predicted octanol–water partition coefficient (Wildman–Crippen LogP) is 3.77. The Morgan fingerprint density at radius 1 is 1.32 bits per heavy atom. The lowest BCUT2D eigenvalue weighted by molar-refractivity contribution is 0.0964. The van der Waals surface area contributed by atoms with Crippen LogP contribution >= 0.6 is 11.3 Å². The lowest BCUT2D eigenvalue weighted by Gasteiger charge is -2.33. The summed E-state index contributed by atoms with van der Waals surface area (Å²) in [4.78, 5) is 23.6. The van der Waals surface area contributed by atoms with Crippen molar-refractivity contribution in [3.63, 3.8) is 0 Å². The van der Waals surface area contributed by atoms with Crippen LogP contribution in [0.1, 0.15) is 16.6 Å². The summed E-state index contributed by atoms with van der Waals surface area (Å²) in [5, 5.41) is 0.685. The van der Waals surface area contributed by atoms with Gasteiger partial charge in [-0.25, -0.2) is 9.37 Å². The summed E-state index contributed by atoms with van der Waals surface area (Å²) in [6.45, 7) is 2.24. The molecule has 0 radical (unpaired) electrons. The maximum absolute atomic E-state index is 13.5. The number of benzene rings is 1. The summed E-state index contributed by atoms with van der Waals surface area (Å²) in [6, 6.07) is 9.74. The van der Waals surface area contributed by atoms with Gasteiger partial charge in [0.25, 0.3) is 5.91 Å². The van der Waals surface area contributed by atoms with Gasteiger partial charge in [-0.1, -0.05) is 6.07 Å². The molecule has 0 fully saturated rings. The number of pyridine rings is 1. The van der Waals surface area contributed by atoms with E-state index in [0.29, 0.717) is 27.9 Å². The van der Waals surface area contributed by atoms with E-state index >= 15 is 0 Å². The fourth-order valence-electron chi connectivity index (χ4n) is 2.72. The normalized spacial score (nSPS) is 16.2. The number of thiazole rings is 1. The Balaban J connectivity index is 1.67. The molecule has 1 aliphatic heterocycles. The van der Waals surface area contributed by atoms with Crippen molar-refractivity contribution in [1.29, 1.82) is 0 Å². The minimum Gasteiger partial charge on any atom is -0.487 e. The molecule has 0 spiro atoms. The summed E-state index contributed by atoms with van der Waals surface area (Å²) in [7, 11) is 0. The summed E-state index contributed by atoms with van der Waals surface area (Å²) in [5.74, 6) is -0.195. The number of anilines is 1. The molecule has 1 aliphatic rings. The number of rotatable bonds is 2. The molecule has 3 aromatic rings. The Morgan fingerprint density at radius 2 is 2.20 bits per heavy atom. The number of carbonyl (C=O) groups is 1. The standard InChI is InChI=1S/C18H14FN3O2S/c1-11-10-22(14-6-5-12(19)8-15(14)24-11)18(23)16-9-21-17(25-16)13-4-2-3-7-20-13/h2-9,11H,10H2,1H3. The van der Waals surface area contributed by atoms with Gasteiger partial charge in [-0.3, -0.25) is 9.78 Å². The van der Waals surface area contributed by atoms with Gasteiger partial charge in [0.05, 0.1) is 24.1 Å². The quantitative estimate of drug-likeness (QED) is 0.702. The number of amides is 1. The van der Waals surface area contributed by atoms with E-state index in [2.05, 4.69) is 9.97 Å². The average molecular weight is 355 g/mol. The van der Waals surface area contributed by atoms with Crippen molar-refractivity contribution in [3.05, 3.63) is 59.5 Å². The molecule has 1 amide bonds. The second kappa shape index (κ2) is 6.25. The zero-order valence-corrected chi connectivity index (χ0v) is 14.2. The maximum atomic E-state index is 13.5. The molecule has 0 aliphatic carbocycles. The van der Waals surface area contributed by atoms with Crippen molar-refractivity contribution in [2.45, 2.75) is 13.0 Å². The first-order valence-electron chi connectivity index (χ1n) is 7.77. The number of ether oxygens (including phenoxy) is 1. The maximum Gasteiger partial charge on any atom is 0.270 e. The molecular formula is C18H14FN3O2S. The molecular weight excluding hydrogens is 341 g/mol. The molecule has 1 aromatic carbocycles. The third kappa shape index (κ3) is 2.98. The Hall–Kier alpha value is -2.80. The number of halogens is 1. The Labute approximate surface area is 147 Å². The minimum atomic E-state index is -0.393. The monoisotopic (exact) mass is 355 g/mol. The molecule has 2 aromatic heterocycles. The van der Waals surface area contributed by atoms with Gasteiger partial charge in [0.2, 0.25) is 0 Å². The van der Waals surface area contributed by atoms with Crippen molar-refractivity contribution in [1.82, 2.24) is 9.97 Å². The minimum absolute atomic E-state index is 0.178. The van der Waals surface area contributed by atoms with E-state index in [0.717, 1.165) is 5.69 Å². The van der Waals surface area contributed by atoms with Gasteiger partial charge < -0.3 is 9.64 Å². The van der Waals surface area contributed by atoms with E-state index in [1.165, 1.54) is 23.5 Å². The molecule has 3 heterocycles. The number of aromatic nitrogens is 2. The number of nitrogens with zero attached hydrogens (tertiary/aromatic N) is 3. The number of hydrogen-bond acceptors (Lipinski definition) is 5. The van der Waals surface area contributed by atoms with Gasteiger partial charge in [-0.15, -0.1) is 11.3 Å². The van der Waals surface area contributed by atoms with Crippen molar-refractivity contribution in [2.24, 2.45) is 0 Å². The summed E-state index contributed by atoms with van der Waals surface area (Å²) < 4.78 is 19.1. The van der Waals surface area contributed by atoms with Crippen LogP contribution in [0.15, 0.2) is 48.8 Å². The largest absolute Gasteiger partial charge is 0.487 e. The predicted molar refractivity (Wildman–Crippen MR) is 93.5 cm³/mol. The molecule has 0 bridgehead atoms. The third-order valence-corrected chi connectivity index (χ3v) is 4.83. The summed E-state index contributed by atoms with van der Waals surface area (Å²) >= 11 is 1.29. The molecule has 1 unspecified atom stereocenters. The lowest BCUT2D eigenvalue weighted by Crippen LogP contribution is -2.42. The van der Waals surface area contributed by atoms with Crippen molar-refractivity contribution < 1.29 is 13.9 Å². The summed E-state index contributed by atoms with van der Waals surface area (Å²) in [6.07, 6.45) is 3.02. The molecule has 25 heavy (non-hydrogen) atoms. The molecule has 0 saturated heterocycles. The lowest BCUT2D eigenvalue weighted by atomic mass is 10.2. The second-order valence-corrected chi connectivity index (χ2v) is 6.73. The third-order valence-electron chi connectivity index (χ3n) is 3.83. The van der Waals surface area contributed by atoms with Crippen LogP contribution in [0, 0.1) is 5.82 Å². The van der Waals surface area contributed by atoms with E-state index in [1.807, 2.05) is 25.1 Å². The number of fused-ring (bicyclic) bond motifs is 1. The van der Waals surface area contributed by atoms with Crippen molar-refractivity contribution >= 4 is 22.9 Å². The summed E-state index contributed by atoms with van der Waals surface area (Å²) in [5.41, 5.74) is 1.29. The van der Waals surface area contributed by atoms with E-state index < -0.39 is 5.82 Å². The molecule has 0 saturated carbocycles. The van der Waals surface area contributed by atoms with Crippen LogP contribution in [0.5, 0.6) is 5.75 Å². The first kappa shape index (κ1) is 15.7. The van der Waals surface area contributed by atoms with Crippen LogP contribution in [0.2, 0.25) is 0 Å². The fourth-order valence-corrected chi connectivity index (χ4v) is 3.56. The van der Waals surface area contributed by atoms with E-state index in [-0.39, 0.29) is 12.0 Å². The first-order chi connectivity index (χ1) is 12.1. The van der Waals surface area contributed by atoms with E-state index in [4.69, 9.17) is 4.74 Å².